The van der Waals surface area contributed by atoms with E-state index in [1.807, 2.05) is 0 Å². The monoisotopic (exact) mass is 959 g/mol. The van der Waals surface area contributed by atoms with Gasteiger partial charge < -0.3 is 14.2 Å². The predicted molar refractivity (Wildman–Crippen MR) is 297 cm³/mol. The molecule has 0 saturated heterocycles. The fourth-order valence-corrected chi connectivity index (χ4v) is 7.66. The Kier molecular flexibility index (Phi) is 53.9. The smallest absolute Gasteiger partial charge is 0.306 e. The summed E-state index contributed by atoms with van der Waals surface area (Å²) in [6.07, 6.45) is 75.3. The third kappa shape index (κ3) is 55.1. The van der Waals surface area contributed by atoms with Crippen molar-refractivity contribution in [2.24, 2.45) is 0 Å². The topological polar surface area (TPSA) is 78.9 Å². The van der Waals surface area contributed by atoms with Crippen LogP contribution in [0.15, 0.2) is 97.2 Å². The SMILES string of the molecule is CCCCC/C=C\C/C=C\C/C=C\CCCCCCC(=O)O[C@H](COC(=O)CCCC/C=C\C/C=C\C/C=C\CCCCC)COC(=O)CCCCCCCCCCC/C=C\C/C=C\CCCCC. The van der Waals surface area contributed by atoms with Crippen LogP contribution in [0.2, 0.25) is 0 Å². The number of hydrogen-bond acceptors (Lipinski definition) is 6. The summed E-state index contributed by atoms with van der Waals surface area (Å²) in [5.41, 5.74) is 0. The average molecular weight is 960 g/mol. The Morgan fingerprint density at radius 1 is 0.290 bits per heavy atom. The van der Waals surface area contributed by atoms with E-state index >= 15 is 0 Å². The van der Waals surface area contributed by atoms with Crippen molar-refractivity contribution >= 4 is 17.9 Å². The molecule has 0 aromatic carbocycles. The van der Waals surface area contributed by atoms with Crippen LogP contribution in [0.4, 0.5) is 0 Å². The molecular formula is C63H106O6. The van der Waals surface area contributed by atoms with Gasteiger partial charge in [-0.25, -0.2) is 0 Å². The molecule has 0 amide bonds. The van der Waals surface area contributed by atoms with Gasteiger partial charge in [0.1, 0.15) is 13.2 Å². The molecule has 0 fully saturated rings. The molecule has 0 aliphatic rings. The third-order valence-corrected chi connectivity index (χ3v) is 12.0. The van der Waals surface area contributed by atoms with Crippen molar-refractivity contribution in [1.29, 1.82) is 0 Å². The van der Waals surface area contributed by atoms with Crippen molar-refractivity contribution in [1.82, 2.24) is 0 Å². The fraction of sp³-hybridized carbons (Fsp3) is 0.698. The van der Waals surface area contributed by atoms with E-state index in [0.29, 0.717) is 19.3 Å². The van der Waals surface area contributed by atoms with Crippen LogP contribution in [0.1, 0.15) is 265 Å². The number of unbranched alkanes of at least 4 members (excludes halogenated alkanes) is 24. The molecule has 0 rings (SSSR count). The van der Waals surface area contributed by atoms with Crippen molar-refractivity contribution in [3.63, 3.8) is 0 Å². The lowest BCUT2D eigenvalue weighted by Gasteiger charge is -2.18. The maximum Gasteiger partial charge on any atom is 0.306 e. The van der Waals surface area contributed by atoms with E-state index in [1.165, 1.54) is 122 Å². The number of hydrogen-bond donors (Lipinski definition) is 0. The van der Waals surface area contributed by atoms with Gasteiger partial charge in [-0.1, -0.05) is 214 Å². The van der Waals surface area contributed by atoms with E-state index in [4.69, 9.17) is 14.2 Å². The lowest BCUT2D eigenvalue weighted by atomic mass is 10.1. The number of ether oxygens (including phenoxy) is 3. The van der Waals surface area contributed by atoms with E-state index in [2.05, 4.69) is 118 Å². The third-order valence-electron chi connectivity index (χ3n) is 12.0. The molecule has 0 aliphatic heterocycles. The highest BCUT2D eigenvalue weighted by Crippen LogP contribution is 2.14. The van der Waals surface area contributed by atoms with Crippen LogP contribution < -0.4 is 0 Å². The Morgan fingerprint density at radius 2 is 0.522 bits per heavy atom. The summed E-state index contributed by atoms with van der Waals surface area (Å²) in [6, 6.07) is 0. The number of carbonyl (C=O) groups excluding carboxylic acids is 3. The zero-order chi connectivity index (χ0) is 50.0. The van der Waals surface area contributed by atoms with E-state index in [9.17, 15) is 14.4 Å². The van der Waals surface area contributed by atoms with Crippen molar-refractivity contribution in [3.8, 4) is 0 Å². The van der Waals surface area contributed by atoms with Gasteiger partial charge in [0.15, 0.2) is 6.10 Å². The first-order valence-corrected chi connectivity index (χ1v) is 28.7. The minimum atomic E-state index is -0.808. The molecule has 394 valence electrons. The number of carbonyl (C=O) groups is 3. The number of rotatable bonds is 51. The van der Waals surface area contributed by atoms with Gasteiger partial charge in [0.2, 0.25) is 0 Å². The van der Waals surface area contributed by atoms with Crippen LogP contribution in [0.5, 0.6) is 0 Å². The molecule has 6 heteroatoms. The lowest BCUT2D eigenvalue weighted by Crippen LogP contribution is -2.30. The highest BCUT2D eigenvalue weighted by atomic mass is 16.6. The minimum Gasteiger partial charge on any atom is -0.462 e. The molecule has 0 heterocycles. The summed E-state index contributed by atoms with van der Waals surface area (Å²) in [6.45, 7) is 6.51. The summed E-state index contributed by atoms with van der Waals surface area (Å²) in [5.74, 6) is -0.965. The van der Waals surface area contributed by atoms with Crippen molar-refractivity contribution in [2.75, 3.05) is 13.2 Å². The molecule has 0 saturated carbocycles. The van der Waals surface area contributed by atoms with E-state index in [-0.39, 0.29) is 31.1 Å². The molecule has 0 N–H and O–H groups in total. The average Bonchev–Trinajstić information content (AvgIpc) is 3.35. The molecule has 0 bridgehead atoms. The first-order chi connectivity index (χ1) is 34.0. The van der Waals surface area contributed by atoms with Crippen molar-refractivity contribution in [2.45, 2.75) is 271 Å². The molecule has 0 spiro atoms. The van der Waals surface area contributed by atoms with E-state index in [1.54, 1.807) is 0 Å². The summed E-state index contributed by atoms with van der Waals surface area (Å²) < 4.78 is 16.8. The Morgan fingerprint density at radius 3 is 0.841 bits per heavy atom. The molecule has 0 aromatic rings. The summed E-state index contributed by atoms with van der Waals surface area (Å²) in [5, 5.41) is 0. The Balaban J connectivity index is 4.48. The zero-order valence-corrected chi connectivity index (χ0v) is 45.0. The maximum atomic E-state index is 12.8. The maximum absolute atomic E-state index is 12.8. The molecule has 0 unspecified atom stereocenters. The van der Waals surface area contributed by atoms with Crippen molar-refractivity contribution < 1.29 is 28.6 Å². The second kappa shape index (κ2) is 56.9. The normalized spacial score (nSPS) is 12.8. The molecule has 0 aliphatic carbocycles. The first kappa shape index (κ1) is 65.3. The molecule has 0 aromatic heterocycles. The number of allylic oxidation sites excluding steroid dienone is 16. The highest BCUT2D eigenvalue weighted by Gasteiger charge is 2.19. The van der Waals surface area contributed by atoms with Crippen molar-refractivity contribution in [3.05, 3.63) is 97.2 Å². The predicted octanol–water partition coefficient (Wildman–Crippen LogP) is 19.3. The van der Waals surface area contributed by atoms with Gasteiger partial charge in [-0.05, 0) is 128 Å². The second-order valence-electron chi connectivity index (χ2n) is 18.8. The van der Waals surface area contributed by atoms with Crippen LogP contribution in [-0.2, 0) is 28.6 Å². The first-order valence-electron chi connectivity index (χ1n) is 28.7. The van der Waals surface area contributed by atoms with Gasteiger partial charge >= 0.3 is 17.9 Å². The fourth-order valence-electron chi connectivity index (χ4n) is 7.66. The van der Waals surface area contributed by atoms with Crippen LogP contribution in [-0.4, -0.2) is 37.2 Å². The molecule has 69 heavy (non-hydrogen) atoms. The Labute approximate surface area is 426 Å². The van der Waals surface area contributed by atoms with Crippen LogP contribution in [0.3, 0.4) is 0 Å². The van der Waals surface area contributed by atoms with E-state index < -0.39 is 6.10 Å². The van der Waals surface area contributed by atoms with Gasteiger partial charge in [-0.2, -0.15) is 0 Å². The zero-order valence-electron chi connectivity index (χ0n) is 45.0. The van der Waals surface area contributed by atoms with Gasteiger partial charge in [0.05, 0.1) is 0 Å². The summed E-state index contributed by atoms with van der Waals surface area (Å²) in [7, 11) is 0. The quantitative estimate of drug-likeness (QED) is 0.0262. The standard InChI is InChI=1S/C63H106O6/c1-4-7-10-13-16-19-22-25-28-30-31-33-35-38-41-44-47-50-53-56-62(65)68-59-60(58-67-61(64)55-52-49-46-43-40-37-34-27-24-21-18-15-12-9-6-3)69-63(66)57-54-51-48-45-42-39-36-32-29-26-23-20-17-14-11-8-5-2/h16-21,25-29,34,36,39-40,43,60H,4-15,22-24,30-33,35,37-38,41-42,44-59H2,1-3H3/b19-16-,20-17-,21-18-,28-25-,29-26-,34-27-,39-36-,43-40-/t60-/m1/s1. The second-order valence-corrected chi connectivity index (χ2v) is 18.8. The highest BCUT2D eigenvalue weighted by molar-refractivity contribution is 5.71. The molecular weight excluding hydrogens is 853 g/mol. The lowest BCUT2D eigenvalue weighted by molar-refractivity contribution is -0.167. The van der Waals surface area contributed by atoms with Crippen LogP contribution in [0.25, 0.3) is 0 Å². The van der Waals surface area contributed by atoms with E-state index in [0.717, 1.165) is 103 Å². The van der Waals surface area contributed by atoms with Gasteiger partial charge in [0, 0.05) is 19.3 Å². The van der Waals surface area contributed by atoms with Gasteiger partial charge in [-0.15, -0.1) is 0 Å². The minimum absolute atomic E-state index is 0.102. The molecule has 6 nitrogen and oxygen atoms in total. The van der Waals surface area contributed by atoms with Gasteiger partial charge in [0.25, 0.3) is 0 Å². The Bertz CT molecular complexity index is 1380. The summed E-state index contributed by atoms with van der Waals surface area (Å²) >= 11 is 0. The Hall–Kier alpha value is -3.67. The van der Waals surface area contributed by atoms with Crippen LogP contribution >= 0.6 is 0 Å². The van der Waals surface area contributed by atoms with Gasteiger partial charge in [-0.3, -0.25) is 14.4 Å². The number of esters is 3. The molecule has 1 atom stereocenters. The molecule has 0 radical (unpaired) electrons. The summed E-state index contributed by atoms with van der Waals surface area (Å²) in [4.78, 5) is 38.1. The van der Waals surface area contributed by atoms with Crippen LogP contribution in [0, 0.1) is 0 Å². The largest absolute Gasteiger partial charge is 0.462 e.